The lowest BCUT2D eigenvalue weighted by molar-refractivity contribution is -0.116. The molecule has 0 bridgehead atoms. The van der Waals surface area contributed by atoms with E-state index >= 15 is 0 Å². The molecule has 6 rings (SSSR count). The number of rotatable bonds is 5. The number of fused-ring (bicyclic) bond motifs is 2. The first-order valence-electron chi connectivity index (χ1n) is 11.4. The number of carbonyl (C=O) groups is 1. The highest BCUT2D eigenvalue weighted by atomic mass is 16.5. The van der Waals surface area contributed by atoms with E-state index in [9.17, 15) is 4.79 Å². The number of hydrogen-bond donors (Lipinski definition) is 1. The Hall–Kier alpha value is -4.53. The van der Waals surface area contributed by atoms with E-state index in [4.69, 9.17) is 9.84 Å². The van der Waals surface area contributed by atoms with Crippen molar-refractivity contribution in [3.8, 4) is 11.6 Å². The molecule has 0 fully saturated rings. The standard InChI is InChI=1S/C26H23N7O2/c1-16-25-20(19-10-6-7-11-21(19)35-15-18-8-4-3-5-9-18)14-24(34)27-26(25)33(30-16)23-13-12-22-29-28-17(2)32(22)31-23/h3-13,20H,14-15H2,1-2H3,(H,27,34)/t20-/m1/s1. The maximum Gasteiger partial charge on any atom is 0.226 e. The monoisotopic (exact) mass is 465 g/mol. The SMILES string of the molecule is Cc1nn(-c2ccc3nnc(C)n3n2)c2c1[C@@H](c1ccccc1OCc1ccccc1)CC(=O)N2. The van der Waals surface area contributed by atoms with Gasteiger partial charge in [0.1, 0.15) is 18.2 Å². The van der Waals surface area contributed by atoms with Crippen molar-refractivity contribution in [2.45, 2.75) is 32.8 Å². The molecule has 2 aromatic carbocycles. The summed E-state index contributed by atoms with van der Waals surface area (Å²) in [6, 6.07) is 21.6. The molecule has 1 N–H and O–H groups in total. The van der Waals surface area contributed by atoms with Crippen molar-refractivity contribution in [3.63, 3.8) is 0 Å². The highest BCUT2D eigenvalue weighted by molar-refractivity contribution is 5.95. The highest BCUT2D eigenvalue weighted by Gasteiger charge is 2.34. The van der Waals surface area contributed by atoms with Crippen LogP contribution in [0.4, 0.5) is 5.82 Å². The van der Waals surface area contributed by atoms with Gasteiger partial charge in [0.05, 0.1) is 5.69 Å². The Labute approximate surface area is 201 Å². The van der Waals surface area contributed by atoms with Gasteiger partial charge in [-0.3, -0.25) is 4.79 Å². The maximum atomic E-state index is 12.9. The molecule has 1 aliphatic rings. The third kappa shape index (κ3) is 3.71. The normalized spacial score (nSPS) is 15.1. The van der Waals surface area contributed by atoms with Crippen LogP contribution in [0.2, 0.25) is 0 Å². The Morgan fingerprint density at radius 3 is 2.63 bits per heavy atom. The van der Waals surface area contributed by atoms with Crippen LogP contribution in [0.15, 0.2) is 66.7 Å². The van der Waals surface area contributed by atoms with Crippen LogP contribution in [0, 0.1) is 13.8 Å². The molecular weight excluding hydrogens is 442 g/mol. The number of ether oxygens (including phenoxy) is 1. The van der Waals surface area contributed by atoms with Crippen molar-refractivity contribution in [1.82, 2.24) is 29.6 Å². The minimum Gasteiger partial charge on any atom is -0.489 e. The van der Waals surface area contributed by atoms with E-state index < -0.39 is 0 Å². The molecule has 0 radical (unpaired) electrons. The molecule has 4 heterocycles. The summed E-state index contributed by atoms with van der Waals surface area (Å²) < 4.78 is 9.56. The second kappa shape index (κ2) is 8.35. The summed E-state index contributed by atoms with van der Waals surface area (Å²) in [7, 11) is 0. The highest BCUT2D eigenvalue weighted by Crippen LogP contribution is 2.43. The number of nitrogens with one attached hydrogen (secondary N) is 1. The van der Waals surface area contributed by atoms with E-state index in [1.807, 2.05) is 80.6 Å². The molecule has 9 nitrogen and oxygen atoms in total. The van der Waals surface area contributed by atoms with E-state index in [2.05, 4.69) is 20.6 Å². The summed E-state index contributed by atoms with van der Waals surface area (Å²) >= 11 is 0. The number of para-hydroxylation sites is 1. The lowest BCUT2D eigenvalue weighted by atomic mass is 9.85. The van der Waals surface area contributed by atoms with Gasteiger partial charge in [0.2, 0.25) is 5.91 Å². The summed E-state index contributed by atoms with van der Waals surface area (Å²) in [5.41, 5.74) is 4.47. The Morgan fingerprint density at radius 2 is 1.77 bits per heavy atom. The Balaban J connectivity index is 1.41. The maximum absolute atomic E-state index is 12.9. The molecule has 174 valence electrons. The Morgan fingerprint density at radius 1 is 0.971 bits per heavy atom. The van der Waals surface area contributed by atoms with Gasteiger partial charge < -0.3 is 10.1 Å². The van der Waals surface area contributed by atoms with Crippen LogP contribution in [-0.4, -0.2) is 35.5 Å². The number of amides is 1. The van der Waals surface area contributed by atoms with Gasteiger partial charge in [0.15, 0.2) is 17.3 Å². The second-order valence-electron chi connectivity index (χ2n) is 8.59. The van der Waals surface area contributed by atoms with Crippen LogP contribution < -0.4 is 10.1 Å². The molecule has 0 saturated carbocycles. The molecule has 1 amide bonds. The largest absolute Gasteiger partial charge is 0.489 e. The molecule has 5 aromatic rings. The van der Waals surface area contributed by atoms with Crippen molar-refractivity contribution in [3.05, 3.63) is 94.9 Å². The van der Waals surface area contributed by atoms with Crippen molar-refractivity contribution in [2.75, 3.05) is 5.32 Å². The molecule has 0 aliphatic carbocycles. The van der Waals surface area contributed by atoms with Gasteiger partial charge in [-0.05, 0) is 37.6 Å². The van der Waals surface area contributed by atoms with E-state index in [1.54, 1.807) is 9.20 Å². The Bertz CT molecular complexity index is 1560. The van der Waals surface area contributed by atoms with E-state index in [1.165, 1.54) is 0 Å². The average molecular weight is 466 g/mol. The van der Waals surface area contributed by atoms with E-state index in [0.29, 0.717) is 36.1 Å². The quantitative estimate of drug-likeness (QED) is 0.422. The number of aromatic nitrogens is 6. The van der Waals surface area contributed by atoms with Gasteiger partial charge in [0, 0.05) is 23.5 Å². The van der Waals surface area contributed by atoms with Crippen LogP contribution in [-0.2, 0) is 11.4 Å². The third-order valence-electron chi connectivity index (χ3n) is 6.26. The van der Waals surface area contributed by atoms with Crippen LogP contribution >= 0.6 is 0 Å². The van der Waals surface area contributed by atoms with Gasteiger partial charge >= 0.3 is 0 Å². The number of aryl methyl sites for hydroxylation is 2. The first-order chi connectivity index (χ1) is 17.1. The molecule has 35 heavy (non-hydrogen) atoms. The van der Waals surface area contributed by atoms with Gasteiger partial charge in [-0.2, -0.15) is 14.3 Å². The lowest BCUT2D eigenvalue weighted by Gasteiger charge is -2.26. The van der Waals surface area contributed by atoms with Crippen LogP contribution in [0.5, 0.6) is 5.75 Å². The predicted molar refractivity (Wildman–Crippen MR) is 130 cm³/mol. The zero-order chi connectivity index (χ0) is 23.9. The van der Waals surface area contributed by atoms with Crippen LogP contribution in [0.1, 0.15) is 40.5 Å². The molecular formula is C26H23N7O2. The average Bonchev–Trinajstić information content (AvgIpc) is 3.42. The molecule has 1 atom stereocenters. The number of benzene rings is 2. The van der Waals surface area contributed by atoms with Crippen molar-refractivity contribution in [2.24, 2.45) is 0 Å². The van der Waals surface area contributed by atoms with E-state index in [0.717, 1.165) is 28.1 Å². The molecule has 9 heteroatoms. The topological polar surface area (TPSA) is 99.2 Å². The smallest absolute Gasteiger partial charge is 0.226 e. The number of nitrogens with zero attached hydrogens (tertiary/aromatic N) is 6. The van der Waals surface area contributed by atoms with Gasteiger partial charge in [-0.25, -0.2) is 0 Å². The molecule has 1 aliphatic heterocycles. The summed E-state index contributed by atoms with van der Waals surface area (Å²) in [5.74, 6) is 2.35. The van der Waals surface area contributed by atoms with Crippen LogP contribution in [0.3, 0.4) is 0 Å². The summed E-state index contributed by atoms with van der Waals surface area (Å²) in [6.45, 7) is 4.24. The third-order valence-corrected chi connectivity index (χ3v) is 6.26. The van der Waals surface area contributed by atoms with Crippen molar-refractivity contribution >= 4 is 17.4 Å². The zero-order valence-electron chi connectivity index (χ0n) is 19.3. The van der Waals surface area contributed by atoms with Crippen LogP contribution in [0.25, 0.3) is 11.5 Å². The second-order valence-corrected chi connectivity index (χ2v) is 8.59. The van der Waals surface area contributed by atoms with Gasteiger partial charge in [-0.15, -0.1) is 15.3 Å². The van der Waals surface area contributed by atoms with Gasteiger partial charge in [-0.1, -0.05) is 48.5 Å². The first-order valence-corrected chi connectivity index (χ1v) is 11.4. The predicted octanol–water partition coefficient (Wildman–Crippen LogP) is 3.98. The zero-order valence-corrected chi connectivity index (χ0v) is 19.3. The number of carbonyl (C=O) groups excluding carboxylic acids is 1. The summed E-state index contributed by atoms with van der Waals surface area (Å²) in [5, 5.41) is 20.6. The minimum atomic E-state index is -0.195. The van der Waals surface area contributed by atoms with Gasteiger partial charge in [0.25, 0.3) is 0 Å². The molecule has 0 spiro atoms. The van der Waals surface area contributed by atoms with Crippen molar-refractivity contribution < 1.29 is 9.53 Å². The number of hydrogen-bond acceptors (Lipinski definition) is 6. The Kier molecular flexibility index (Phi) is 5.02. The minimum absolute atomic E-state index is 0.0805. The molecule has 0 saturated heterocycles. The fraction of sp³-hybridized carbons (Fsp3) is 0.192. The first kappa shape index (κ1) is 21.0. The fourth-order valence-corrected chi connectivity index (χ4v) is 4.61. The van der Waals surface area contributed by atoms with E-state index in [-0.39, 0.29) is 11.8 Å². The van der Waals surface area contributed by atoms with Crippen molar-refractivity contribution in [1.29, 1.82) is 0 Å². The summed E-state index contributed by atoms with van der Waals surface area (Å²) in [6.07, 6.45) is 0.308. The molecule has 0 unspecified atom stereocenters. The lowest BCUT2D eigenvalue weighted by Crippen LogP contribution is -2.25. The molecule has 3 aromatic heterocycles. The summed E-state index contributed by atoms with van der Waals surface area (Å²) in [4.78, 5) is 12.9. The fourth-order valence-electron chi connectivity index (χ4n) is 4.61. The number of anilines is 1.